The van der Waals surface area contributed by atoms with Gasteiger partial charge in [0.15, 0.2) is 0 Å². The molecule has 4 heteroatoms. The molecule has 0 radical (unpaired) electrons. The Morgan fingerprint density at radius 2 is 1.62 bits per heavy atom. The minimum atomic E-state index is 0.935. The van der Waals surface area contributed by atoms with Crippen molar-refractivity contribution in [1.82, 2.24) is 10.6 Å². The van der Waals surface area contributed by atoms with Gasteiger partial charge in [0, 0.05) is 0 Å². The van der Waals surface area contributed by atoms with Crippen LogP contribution in [-0.2, 0) is 9.59 Å². The number of carbonyl (C=O) groups excluding carboxylic acids is 2. The van der Waals surface area contributed by atoms with Crippen LogP contribution in [0.1, 0.15) is 26.2 Å². The molecule has 0 amide bonds. The highest BCUT2D eigenvalue weighted by atomic mass is 16.1. The van der Waals surface area contributed by atoms with Crippen molar-refractivity contribution in [1.29, 1.82) is 0 Å². The standard InChI is InChI=1S/C5H11N.C4H9N.C2H2O.CH2O/c1-5-2-3-6-4-5;1-2-4-5-3-1;1-2-3;1-2/h5-6H,2-4H2,1H3;5H,1-4H2;1H2;1H2/t5-;;;/m0.../s1. The van der Waals surface area contributed by atoms with Crippen LogP contribution >= 0.6 is 0 Å². The second-order valence-corrected chi connectivity index (χ2v) is 3.70. The average Bonchev–Trinajstić information content (AvgIpc) is 2.96. The first-order chi connectivity index (χ1) is 7.81. The number of hydrogen-bond acceptors (Lipinski definition) is 4. The lowest BCUT2D eigenvalue weighted by atomic mass is 10.2. The van der Waals surface area contributed by atoms with Crippen LogP contribution in [0.15, 0.2) is 6.58 Å². The van der Waals surface area contributed by atoms with Gasteiger partial charge in [0.05, 0.1) is 0 Å². The zero-order valence-electron chi connectivity index (χ0n) is 10.3. The quantitative estimate of drug-likeness (QED) is 0.602. The molecule has 94 valence electrons. The van der Waals surface area contributed by atoms with Crippen molar-refractivity contribution in [3.63, 3.8) is 0 Å². The van der Waals surface area contributed by atoms with E-state index in [4.69, 9.17) is 9.59 Å². The van der Waals surface area contributed by atoms with Gasteiger partial charge in [-0.25, -0.2) is 4.79 Å². The van der Waals surface area contributed by atoms with Crippen molar-refractivity contribution in [2.24, 2.45) is 5.92 Å². The minimum absolute atomic E-state index is 0.935. The van der Waals surface area contributed by atoms with Crippen molar-refractivity contribution in [2.45, 2.75) is 26.2 Å². The van der Waals surface area contributed by atoms with Gasteiger partial charge in [-0.1, -0.05) is 6.92 Å². The summed E-state index contributed by atoms with van der Waals surface area (Å²) in [4.78, 5) is 16.6. The molecule has 2 fully saturated rings. The van der Waals surface area contributed by atoms with E-state index in [0.717, 1.165) is 5.92 Å². The average molecular weight is 228 g/mol. The van der Waals surface area contributed by atoms with Gasteiger partial charge in [0.1, 0.15) is 12.7 Å². The van der Waals surface area contributed by atoms with Gasteiger partial charge >= 0.3 is 0 Å². The van der Waals surface area contributed by atoms with Crippen molar-refractivity contribution < 1.29 is 9.59 Å². The maximum atomic E-state index is 8.57. The molecule has 1 atom stereocenters. The molecule has 0 saturated carbocycles. The summed E-state index contributed by atoms with van der Waals surface area (Å²) in [6, 6.07) is 0. The summed E-state index contributed by atoms with van der Waals surface area (Å²) in [5.41, 5.74) is 0. The Labute approximate surface area is 98.5 Å². The Kier molecular flexibility index (Phi) is 17.9. The lowest BCUT2D eigenvalue weighted by Crippen LogP contribution is -2.06. The number of rotatable bonds is 0. The van der Waals surface area contributed by atoms with Gasteiger partial charge in [-0.05, 0) is 57.9 Å². The van der Waals surface area contributed by atoms with Crippen LogP contribution in [0.4, 0.5) is 0 Å². The molecule has 0 spiro atoms. The molecule has 2 saturated heterocycles. The molecular weight excluding hydrogens is 204 g/mol. The van der Waals surface area contributed by atoms with E-state index in [-0.39, 0.29) is 0 Å². The van der Waals surface area contributed by atoms with Crippen LogP contribution in [0.2, 0.25) is 0 Å². The molecule has 0 aliphatic carbocycles. The highest BCUT2D eigenvalue weighted by Gasteiger charge is 2.06. The van der Waals surface area contributed by atoms with Crippen LogP contribution in [0.3, 0.4) is 0 Å². The Morgan fingerprint density at radius 3 is 1.75 bits per heavy atom. The predicted molar refractivity (Wildman–Crippen MR) is 67.2 cm³/mol. The van der Waals surface area contributed by atoms with Gasteiger partial charge in [0.2, 0.25) is 0 Å². The molecule has 0 unspecified atom stereocenters. The third kappa shape index (κ3) is 15.5. The molecule has 16 heavy (non-hydrogen) atoms. The Bertz CT molecular complexity index is 151. The van der Waals surface area contributed by atoms with Crippen LogP contribution < -0.4 is 10.6 Å². The maximum absolute atomic E-state index is 8.57. The van der Waals surface area contributed by atoms with Crippen molar-refractivity contribution in [2.75, 3.05) is 26.2 Å². The third-order valence-electron chi connectivity index (χ3n) is 2.26. The summed E-state index contributed by atoms with van der Waals surface area (Å²) < 4.78 is 0. The highest BCUT2D eigenvalue weighted by molar-refractivity contribution is 5.38. The molecule has 0 aromatic heterocycles. The zero-order valence-corrected chi connectivity index (χ0v) is 10.3. The summed E-state index contributed by atoms with van der Waals surface area (Å²) in [5, 5.41) is 6.49. The minimum Gasteiger partial charge on any atom is -0.317 e. The first-order valence-electron chi connectivity index (χ1n) is 5.65. The van der Waals surface area contributed by atoms with E-state index in [0.29, 0.717) is 0 Å². The van der Waals surface area contributed by atoms with E-state index >= 15 is 0 Å². The molecule has 2 heterocycles. The van der Waals surface area contributed by atoms with Gasteiger partial charge in [-0.15, -0.1) is 0 Å². The second-order valence-electron chi connectivity index (χ2n) is 3.70. The zero-order chi connectivity index (χ0) is 12.6. The fraction of sp³-hybridized carbons (Fsp3) is 0.750. The normalized spacial score (nSPS) is 21.2. The highest BCUT2D eigenvalue weighted by Crippen LogP contribution is 2.03. The molecule has 0 aromatic carbocycles. The van der Waals surface area contributed by atoms with Crippen molar-refractivity contribution in [3.8, 4) is 0 Å². The van der Waals surface area contributed by atoms with Crippen LogP contribution in [0.25, 0.3) is 0 Å². The number of nitrogens with one attached hydrogen (secondary N) is 2. The van der Waals surface area contributed by atoms with Gasteiger partial charge in [-0.2, -0.15) is 0 Å². The molecule has 2 rings (SSSR count). The first-order valence-corrected chi connectivity index (χ1v) is 5.65. The van der Waals surface area contributed by atoms with Gasteiger partial charge in [-0.3, -0.25) is 0 Å². The van der Waals surface area contributed by atoms with E-state index in [1.165, 1.54) is 51.4 Å². The van der Waals surface area contributed by atoms with E-state index in [2.05, 4.69) is 24.1 Å². The first kappa shape index (κ1) is 17.4. The second kappa shape index (κ2) is 16.5. The van der Waals surface area contributed by atoms with Crippen molar-refractivity contribution >= 4 is 12.7 Å². The molecular formula is C12H24N2O2. The molecule has 2 N–H and O–H groups in total. The maximum Gasteiger partial charge on any atom is 0.116 e. The smallest absolute Gasteiger partial charge is 0.116 e. The largest absolute Gasteiger partial charge is 0.317 e. The molecule has 2 aliphatic rings. The predicted octanol–water partition coefficient (Wildman–Crippen LogP) is 0.805. The fourth-order valence-electron chi connectivity index (χ4n) is 1.42. The van der Waals surface area contributed by atoms with E-state index in [1.807, 2.05) is 6.79 Å². The van der Waals surface area contributed by atoms with Crippen LogP contribution in [0.5, 0.6) is 0 Å². The van der Waals surface area contributed by atoms with Crippen LogP contribution in [-0.4, -0.2) is 38.9 Å². The summed E-state index contributed by atoms with van der Waals surface area (Å²) in [6.07, 6.45) is 4.15. The van der Waals surface area contributed by atoms with Crippen molar-refractivity contribution in [3.05, 3.63) is 6.58 Å². The lowest BCUT2D eigenvalue weighted by molar-refractivity contribution is -0.0979. The Morgan fingerprint density at radius 1 is 1.12 bits per heavy atom. The fourth-order valence-corrected chi connectivity index (χ4v) is 1.42. The monoisotopic (exact) mass is 228 g/mol. The summed E-state index contributed by atoms with van der Waals surface area (Å²) in [6.45, 7) is 11.9. The van der Waals surface area contributed by atoms with E-state index in [1.54, 1.807) is 0 Å². The van der Waals surface area contributed by atoms with E-state index < -0.39 is 0 Å². The van der Waals surface area contributed by atoms with Crippen LogP contribution in [0, 0.1) is 5.92 Å². The lowest BCUT2D eigenvalue weighted by Gasteiger charge is -1.90. The summed E-state index contributed by atoms with van der Waals surface area (Å²) in [7, 11) is 0. The topological polar surface area (TPSA) is 58.2 Å². The van der Waals surface area contributed by atoms with Gasteiger partial charge < -0.3 is 15.4 Å². The molecule has 0 bridgehead atoms. The molecule has 0 aromatic rings. The molecule has 2 aliphatic heterocycles. The number of hydrogen-bond donors (Lipinski definition) is 2. The summed E-state index contributed by atoms with van der Waals surface area (Å²) in [5.74, 6) is 2.19. The summed E-state index contributed by atoms with van der Waals surface area (Å²) >= 11 is 0. The number of carbonyl (C=O) groups is 1. The third-order valence-corrected chi connectivity index (χ3v) is 2.26. The molecule has 4 nitrogen and oxygen atoms in total. The SMILES string of the molecule is C1CCNC1.C=C=O.C=O.C[C@H]1CCNC1. The Hall–Kier alpha value is -0.960. The van der Waals surface area contributed by atoms with Gasteiger partial charge in [0.25, 0.3) is 0 Å². The Balaban J connectivity index is 0. The van der Waals surface area contributed by atoms with E-state index in [9.17, 15) is 0 Å².